The topological polar surface area (TPSA) is 60.2 Å². The predicted octanol–water partition coefficient (Wildman–Crippen LogP) is 2.37. The number of aromatic nitrogens is 2. The van der Waals surface area contributed by atoms with Gasteiger partial charge in [0.2, 0.25) is 5.89 Å². The standard InChI is InChI=1S/C13H23N3O2S/c1-4-6-14-11-8-19-7-10(11)13-15-12(16-18-13)9(3)17-5-2/h9-11,14H,4-8H2,1-3H3. The van der Waals surface area contributed by atoms with Crippen LogP contribution in [0.2, 0.25) is 0 Å². The average Bonchev–Trinajstić information content (AvgIpc) is 3.05. The van der Waals surface area contributed by atoms with Gasteiger partial charge in [0, 0.05) is 24.2 Å². The quantitative estimate of drug-likeness (QED) is 0.830. The van der Waals surface area contributed by atoms with Crippen LogP contribution in [0.15, 0.2) is 4.52 Å². The first-order valence-electron chi connectivity index (χ1n) is 7.02. The van der Waals surface area contributed by atoms with Crippen LogP contribution in [0, 0.1) is 0 Å². The molecule has 1 saturated heterocycles. The van der Waals surface area contributed by atoms with E-state index in [2.05, 4.69) is 22.4 Å². The zero-order valence-corrected chi connectivity index (χ0v) is 12.7. The normalized spacial score (nSPS) is 24.8. The lowest BCUT2D eigenvalue weighted by molar-refractivity contribution is 0.0683. The van der Waals surface area contributed by atoms with Gasteiger partial charge in [-0.1, -0.05) is 12.1 Å². The maximum atomic E-state index is 5.49. The molecule has 1 N–H and O–H groups in total. The first-order chi connectivity index (χ1) is 9.26. The largest absolute Gasteiger partial charge is 0.371 e. The van der Waals surface area contributed by atoms with E-state index in [1.807, 2.05) is 25.6 Å². The summed E-state index contributed by atoms with van der Waals surface area (Å²) in [6.45, 7) is 7.80. The van der Waals surface area contributed by atoms with Gasteiger partial charge in [-0.2, -0.15) is 16.7 Å². The van der Waals surface area contributed by atoms with Crippen LogP contribution in [0.25, 0.3) is 0 Å². The van der Waals surface area contributed by atoms with E-state index in [1.54, 1.807) is 0 Å². The van der Waals surface area contributed by atoms with Gasteiger partial charge in [0.25, 0.3) is 0 Å². The van der Waals surface area contributed by atoms with Crippen LogP contribution in [0.5, 0.6) is 0 Å². The summed E-state index contributed by atoms with van der Waals surface area (Å²) in [5, 5.41) is 7.61. The minimum absolute atomic E-state index is 0.0985. The molecule has 3 unspecified atom stereocenters. The first kappa shape index (κ1) is 14.8. The van der Waals surface area contributed by atoms with Crippen molar-refractivity contribution < 1.29 is 9.26 Å². The molecule has 0 spiro atoms. The molecule has 0 radical (unpaired) electrons. The molecule has 0 amide bonds. The molecule has 2 heterocycles. The Bertz CT molecular complexity index is 386. The molecule has 1 aromatic heterocycles. The second-order valence-corrected chi connectivity index (χ2v) is 5.87. The van der Waals surface area contributed by atoms with Crippen LogP contribution in [0.3, 0.4) is 0 Å². The number of hydrogen-bond acceptors (Lipinski definition) is 6. The molecule has 5 nitrogen and oxygen atoms in total. The van der Waals surface area contributed by atoms with Crippen molar-refractivity contribution in [2.75, 3.05) is 24.7 Å². The fourth-order valence-corrected chi connectivity index (χ4v) is 3.59. The molecule has 1 aliphatic heterocycles. The van der Waals surface area contributed by atoms with Crippen LogP contribution in [0.4, 0.5) is 0 Å². The van der Waals surface area contributed by atoms with Crippen molar-refractivity contribution >= 4 is 11.8 Å². The lowest BCUT2D eigenvalue weighted by Gasteiger charge is -2.16. The number of ether oxygens (including phenoxy) is 1. The number of rotatable bonds is 7. The smallest absolute Gasteiger partial charge is 0.232 e. The van der Waals surface area contributed by atoms with Crippen LogP contribution in [-0.4, -0.2) is 40.8 Å². The van der Waals surface area contributed by atoms with E-state index in [0.29, 0.717) is 24.4 Å². The second kappa shape index (κ2) is 7.26. The van der Waals surface area contributed by atoms with E-state index < -0.39 is 0 Å². The molecule has 2 rings (SSSR count). The Labute approximate surface area is 118 Å². The van der Waals surface area contributed by atoms with Crippen molar-refractivity contribution in [2.24, 2.45) is 0 Å². The van der Waals surface area contributed by atoms with Crippen molar-refractivity contribution in [3.63, 3.8) is 0 Å². The number of hydrogen-bond donors (Lipinski definition) is 1. The number of nitrogens with one attached hydrogen (secondary N) is 1. The Balaban J connectivity index is 2.00. The van der Waals surface area contributed by atoms with Gasteiger partial charge in [0.15, 0.2) is 5.82 Å². The van der Waals surface area contributed by atoms with Crippen molar-refractivity contribution in [1.29, 1.82) is 0 Å². The lowest BCUT2D eigenvalue weighted by atomic mass is 10.0. The van der Waals surface area contributed by atoms with Gasteiger partial charge in [-0.15, -0.1) is 0 Å². The molecule has 0 saturated carbocycles. The van der Waals surface area contributed by atoms with Crippen LogP contribution >= 0.6 is 11.8 Å². The Morgan fingerprint density at radius 3 is 3.05 bits per heavy atom. The molecule has 0 bridgehead atoms. The molecule has 1 aromatic rings. The summed E-state index contributed by atoms with van der Waals surface area (Å²) in [5.41, 5.74) is 0. The summed E-state index contributed by atoms with van der Waals surface area (Å²) in [7, 11) is 0. The highest BCUT2D eigenvalue weighted by molar-refractivity contribution is 7.99. The monoisotopic (exact) mass is 285 g/mol. The Morgan fingerprint density at radius 1 is 1.47 bits per heavy atom. The van der Waals surface area contributed by atoms with Crippen LogP contribution in [-0.2, 0) is 4.74 Å². The third-order valence-electron chi connectivity index (χ3n) is 3.29. The molecule has 108 valence electrons. The molecule has 3 atom stereocenters. The zero-order valence-electron chi connectivity index (χ0n) is 11.9. The van der Waals surface area contributed by atoms with Gasteiger partial charge < -0.3 is 14.6 Å². The second-order valence-electron chi connectivity index (χ2n) is 4.79. The minimum Gasteiger partial charge on any atom is -0.371 e. The van der Waals surface area contributed by atoms with Crippen molar-refractivity contribution in [1.82, 2.24) is 15.5 Å². The maximum Gasteiger partial charge on any atom is 0.232 e. The van der Waals surface area contributed by atoms with Crippen molar-refractivity contribution in [3.05, 3.63) is 11.7 Å². The van der Waals surface area contributed by atoms with E-state index in [0.717, 1.165) is 30.4 Å². The maximum absolute atomic E-state index is 5.49. The van der Waals surface area contributed by atoms with Gasteiger partial charge in [-0.3, -0.25) is 0 Å². The fourth-order valence-electron chi connectivity index (χ4n) is 2.22. The number of thioether (sulfide) groups is 1. The van der Waals surface area contributed by atoms with Crippen molar-refractivity contribution in [2.45, 2.75) is 45.3 Å². The average molecular weight is 285 g/mol. The van der Waals surface area contributed by atoms with E-state index in [1.165, 1.54) is 0 Å². The summed E-state index contributed by atoms with van der Waals surface area (Å²) in [6, 6.07) is 0.445. The van der Waals surface area contributed by atoms with Gasteiger partial charge in [-0.05, 0) is 26.8 Å². The van der Waals surface area contributed by atoms with E-state index in [9.17, 15) is 0 Å². The highest BCUT2D eigenvalue weighted by atomic mass is 32.2. The SMILES string of the molecule is CCCNC1CSCC1c1nc(C(C)OCC)no1. The first-order valence-corrected chi connectivity index (χ1v) is 8.17. The summed E-state index contributed by atoms with van der Waals surface area (Å²) < 4.78 is 10.9. The highest BCUT2D eigenvalue weighted by Gasteiger charge is 2.33. The molecule has 19 heavy (non-hydrogen) atoms. The third kappa shape index (κ3) is 3.70. The predicted molar refractivity (Wildman–Crippen MR) is 76.5 cm³/mol. The Morgan fingerprint density at radius 2 is 2.32 bits per heavy atom. The van der Waals surface area contributed by atoms with Gasteiger partial charge >= 0.3 is 0 Å². The van der Waals surface area contributed by atoms with Gasteiger partial charge in [-0.25, -0.2) is 0 Å². The lowest BCUT2D eigenvalue weighted by Crippen LogP contribution is -2.34. The molecular weight excluding hydrogens is 262 g/mol. The summed E-state index contributed by atoms with van der Waals surface area (Å²) >= 11 is 1.94. The zero-order chi connectivity index (χ0) is 13.7. The third-order valence-corrected chi connectivity index (χ3v) is 4.48. The summed E-state index contributed by atoms with van der Waals surface area (Å²) in [4.78, 5) is 4.51. The van der Waals surface area contributed by atoms with E-state index in [4.69, 9.17) is 9.26 Å². The molecule has 1 fully saturated rings. The molecular formula is C13H23N3O2S. The highest BCUT2D eigenvalue weighted by Crippen LogP contribution is 2.32. The molecule has 0 aliphatic carbocycles. The Hall–Kier alpha value is -0.590. The summed E-state index contributed by atoms with van der Waals surface area (Å²) in [6.07, 6.45) is 1.04. The van der Waals surface area contributed by atoms with E-state index in [-0.39, 0.29) is 6.10 Å². The van der Waals surface area contributed by atoms with Gasteiger partial charge in [0.05, 0.1) is 5.92 Å². The van der Waals surface area contributed by atoms with Gasteiger partial charge in [0.1, 0.15) is 6.10 Å². The molecule has 6 heteroatoms. The van der Waals surface area contributed by atoms with Crippen LogP contribution < -0.4 is 5.32 Å². The van der Waals surface area contributed by atoms with E-state index >= 15 is 0 Å². The minimum atomic E-state index is -0.0985. The number of nitrogens with zero attached hydrogens (tertiary/aromatic N) is 2. The fraction of sp³-hybridized carbons (Fsp3) is 0.846. The molecule has 0 aromatic carbocycles. The van der Waals surface area contributed by atoms with Crippen molar-refractivity contribution in [3.8, 4) is 0 Å². The summed E-state index contributed by atoms with van der Waals surface area (Å²) in [5.74, 6) is 3.89. The Kier molecular flexibility index (Phi) is 5.66. The molecule has 1 aliphatic rings. The van der Waals surface area contributed by atoms with Crippen LogP contribution in [0.1, 0.15) is 50.9 Å².